The fourth-order valence-electron chi connectivity index (χ4n) is 1.35. The van der Waals surface area contributed by atoms with Gasteiger partial charge in [-0.15, -0.1) is 0 Å². The molecule has 1 rings (SSSR count). The fourth-order valence-corrected chi connectivity index (χ4v) is 1.64. The van der Waals surface area contributed by atoms with E-state index in [2.05, 4.69) is 5.16 Å². The quantitative estimate of drug-likeness (QED) is 0.405. The zero-order valence-corrected chi connectivity index (χ0v) is 12.4. The summed E-state index contributed by atoms with van der Waals surface area (Å²) in [6, 6.07) is 3.24. The predicted molar refractivity (Wildman–Crippen MR) is 74.4 cm³/mol. The van der Waals surface area contributed by atoms with Gasteiger partial charge in [0.2, 0.25) is 0 Å². The van der Waals surface area contributed by atoms with Crippen LogP contribution in [0.1, 0.15) is 18.1 Å². The highest BCUT2D eigenvalue weighted by Crippen LogP contribution is 2.33. The number of halogens is 6. The van der Waals surface area contributed by atoms with Crippen molar-refractivity contribution in [2.75, 3.05) is 6.61 Å². The maximum Gasteiger partial charge on any atom is 0.417 e. The molecule has 0 aliphatic heterocycles. The number of oxime groups is 1. The van der Waals surface area contributed by atoms with Gasteiger partial charge in [0.1, 0.15) is 11.1 Å². The van der Waals surface area contributed by atoms with Crippen LogP contribution in [0.5, 0.6) is 0 Å². The standard InChI is InChI=1S/C12H9Cl3F3NO/c1-7(19-20-5-4-11(14)15)9-6-8(13)2-3-10(9)12(16,17)18/h2-4,6H,5H2,1H3. The third kappa shape index (κ3) is 5.23. The van der Waals surface area contributed by atoms with Crippen LogP contribution >= 0.6 is 34.8 Å². The van der Waals surface area contributed by atoms with E-state index in [4.69, 9.17) is 39.6 Å². The SMILES string of the molecule is CC(=NOCC=C(Cl)Cl)c1cc(Cl)ccc1C(F)(F)F. The van der Waals surface area contributed by atoms with Gasteiger partial charge in [-0.05, 0) is 31.2 Å². The average Bonchev–Trinajstić information content (AvgIpc) is 2.32. The van der Waals surface area contributed by atoms with Gasteiger partial charge in [-0.3, -0.25) is 0 Å². The zero-order chi connectivity index (χ0) is 15.3. The van der Waals surface area contributed by atoms with Crippen molar-refractivity contribution in [3.63, 3.8) is 0 Å². The normalized spacial score (nSPS) is 12.2. The van der Waals surface area contributed by atoms with Crippen molar-refractivity contribution in [1.29, 1.82) is 0 Å². The molecule has 0 amide bonds. The number of hydrogen-bond donors (Lipinski definition) is 0. The molecule has 0 fully saturated rings. The van der Waals surface area contributed by atoms with Crippen LogP contribution in [0.2, 0.25) is 5.02 Å². The van der Waals surface area contributed by atoms with E-state index < -0.39 is 11.7 Å². The molecule has 110 valence electrons. The predicted octanol–water partition coefficient (Wildman–Crippen LogP) is 5.42. The summed E-state index contributed by atoms with van der Waals surface area (Å²) < 4.78 is 38.5. The Bertz CT molecular complexity index is 537. The number of rotatable bonds is 4. The van der Waals surface area contributed by atoms with Gasteiger partial charge < -0.3 is 4.84 Å². The highest BCUT2D eigenvalue weighted by Gasteiger charge is 2.34. The molecule has 0 saturated carbocycles. The number of nitrogens with zero attached hydrogens (tertiary/aromatic N) is 1. The van der Waals surface area contributed by atoms with E-state index in [0.29, 0.717) is 0 Å². The highest BCUT2D eigenvalue weighted by atomic mass is 35.5. The molecule has 0 aliphatic rings. The first-order chi connectivity index (χ1) is 9.21. The van der Waals surface area contributed by atoms with Crippen LogP contribution in [0, 0.1) is 0 Å². The first-order valence-corrected chi connectivity index (χ1v) is 6.40. The Morgan fingerprint density at radius 2 is 2.00 bits per heavy atom. The lowest BCUT2D eigenvalue weighted by Crippen LogP contribution is -2.12. The Kier molecular flexibility index (Phi) is 6.17. The molecular weight excluding hydrogens is 337 g/mol. The maximum atomic E-state index is 12.9. The van der Waals surface area contributed by atoms with Gasteiger partial charge in [0.25, 0.3) is 0 Å². The summed E-state index contributed by atoms with van der Waals surface area (Å²) in [6.07, 6.45) is -3.20. The van der Waals surface area contributed by atoms with Gasteiger partial charge in [-0.2, -0.15) is 13.2 Å². The van der Waals surface area contributed by atoms with Crippen LogP contribution in [0.25, 0.3) is 0 Å². The van der Waals surface area contributed by atoms with E-state index in [1.54, 1.807) is 0 Å². The Balaban J connectivity index is 3.02. The number of hydrogen-bond acceptors (Lipinski definition) is 2. The zero-order valence-electron chi connectivity index (χ0n) is 10.1. The van der Waals surface area contributed by atoms with Crippen molar-refractivity contribution in [3.05, 3.63) is 44.9 Å². The van der Waals surface area contributed by atoms with Crippen LogP contribution in [-0.2, 0) is 11.0 Å². The van der Waals surface area contributed by atoms with E-state index in [0.717, 1.165) is 12.1 Å². The van der Waals surface area contributed by atoms with Crippen molar-refractivity contribution >= 4 is 40.5 Å². The maximum absolute atomic E-state index is 12.9. The summed E-state index contributed by atoms with van der Waals surface area (Å²) in [4.78, 5) is 4.80. The molecule has 0 aromatic heterocycles. The minimum absolute atomic E-state index is 0.0170. The first-order valence-electron chi connectivity index (χ1n) is 5.26. The minimum atomic E-state index is -4.50. The van der Waals surface area contributed by atoms with Gasteiger partial charge in [-0.25, -0.2) is 0 Å². The lowest BCUT2D eigenvalue weighted by Gasteiger charge is -2.12. The van der Waals surface area contributed by atoms with Crippen molar-refractivity contribution < 1.29 is 18.0 Å². The van der Waals surface area contributed by atoms with Crippen LogP contribution in [0.4, 0.5) is 13.2 Å². The van der Waals surface area contributed by atoms with Crippen molar-refractivity contribution in [3.8, 4) is 0 Å². The molecule has 0 N–H and O–H groups in total. The van der Waals surface area contributed by atoms with Crippen LogP contribution < -0.4 is 0 Å². The summed E-state index contributed by atoms with van der Waals surface area (Å²) in [7, 11) is 0. The van der Waals surface area contributed by atoms with E-state index in [-0.39, 0.29) is 27.4 Å². The van der Waals surface area contributed by atoms with Crippen molar-refractivity contribution in [1.82, 2.24) is 0 Å². The Morgan fingerprint density at radius 1 is 1.35 bits per heavy atom. The Hall–Kier alpha value is -0.910. The third-order valence-corrected chi connectivity index (χ3v) is 2.73. The molecule has 20 heavy (non-hydrogen) atoms. The molecule has 1 aromatic rings. The van der Waals surface area contributed by atoms with Crippen LogP contribution in [-0.4, -0.2) is 12.3 Å². The van der Waals surface area contributed by atoms with Gasteiger partial charge in [0.05, 0.1) is 11.3 Å². The summed E-state index contributed by atoms with van der Waals surface area (Å²) in [5.74, 6) is 0. The average molecular weight is 347 g/mol. The molecule has 0 aliphatic carbocycles. The minimum Gasteiger partial charge on any atom is -0.391 e. The van der Waals surface area contributed by atoms with E-state index in [1.165, 1.54) is 19.1 Å². The Labute approximate surface area is 128 Å². The van der Waals surface area contributed by atoms with Crippen molar-refractivity contribution in [2.45, 2.75) is 13.1 Å². The summed E-state index contributed by atoms with van der Waals surface area (Å²) in [5, 5.41) is 3.75. The van der Waals surface area contributed by atoms with Gasteiger partial charge in [0, 0.05) is 10.6 Å². The lowest BCUT2D eigenvalue weighted by molar-refractivity contribution is -0.137. The van der Waals surface area contributed by atoms with E-state index >= 15 is 0 Å². The second-order valence-corrected chi connectivity index (χ2v) is 5.10. The van der Waals surface area contributed by atoms with Crippen molar-refractivity contribution in [2.24, 2.45) is 5.16 Å². The van der Waals surface area contributed by atoms with E-state index in [1.807, 2.05) is 0 Å². The molecule has 0 saturated heterocycles. The largest absolute Gasteiger partial charge is 0.417 e. The smallest absolute Gasteiger partial charge is 0.391 e. The van der Waals surface area contributed by atoms with E-state index in [9.17, 15) is 13.2 Å². The molecule has 0 radical (unpaired) electrons. The summed E-state index contributed by atoms with van der Waals surface area (Å²) >= 11 is 16.4. The van der Waals surface area contributed by atoms with Crippen LogP contribution in [0.15, 0.2) is 33.9 Å². The van der Waals surface area contributed by atoms with Gasteiger partial charge >= 0.3 is 6.18 Å². The molecule has 0 spiro atoms. The van der Waals surface area contributed by atoms with Gasteiger partial charge in [0.15, 0.2) is 0 Å². The number of benzene rings is 1. The summed E-state index contributed by atoms with van der Waals surface area (Å²) in [6.45, 7) is 1.33. The van der Waals surface area contributed by atoms with Gasteiger partial charge in [-0.1, -0.05) is 40.0 Å². The molecule has 0 bridgehead atoms. The highest BCUT2D eigenvalue weighted by molar-refractivity contribution is 6.55. The molecular formula is C12H9Cl3F3NO. The Morgan fingerprint density at radius 3 is 2.55 bits per heavy atom. The molecule has 1 aromatic carbocycles. The van der Waals surface area contributed by atoms with Crippen LogP contribution in [0.3, 0.4) is 0 Å². The second kappa shape index (κ2) is 7.20. The monoisotopic (exact) mass is 345 g/mol. The molecule has 2 nitrogen and oxygen atoms in total. The molecule has 0 atom stereocenters. The second-order valence-electron chi connectivity index (χ2n) is 3.65. The molecule has 0 unspecified atom stereocenters. The third-order valence-electron chi connectivity index (χ3n) is 2.19. The molecule has 8 heteroatoms. The number of alkyl halides is 3. The molecule has 0 heterocycles. The fraction of sp³-hybridized carbons (Fsp3) is 0.250. The first kappa shape index (κ1) is 17.1. The lowest BCUT2D eigenvalue weighted by atomic mass is 10.0. The summed E-state index contributed by atoms with van der Waals surface area (Å²) in [5.41, 5.74) is -0.942. The topological polar surface area (TPSA) is 21.6 Å².